The molecule has 0 bridgehead atoms. The molecule has 0 N–H and O–H groups in total. The maximum absolute atomic E-state index is 14.5. The molecule has 39 heavy (non-hydrogen) atoms. The van der Waals surface area contributed by atoms with Gasteiger partial charge in [-0.1, -0.05) is 48.0 Å². The van der Waals surface area contributed by atoms with Crippen LogP contribution >= 0.6 is 11.6 Å². The van der Waals surface area contributed by atoms with Crippen LogP contribution in [-0.2, 0) is 17.9 Å². The van der Waals surface area contributed by atoms with Gasteiger partial charge in [0.05, 0.1) is 21.5 Å². The Morgan fingerprint density at radius 3 is 2.38 bits per heavy atom. The van der Waals surface area contributed by atoms with Gasteiger partial charge in [-0.05, 0) is 48.9 Å². The number of halogens is 2. The molecular formula is C29H23ClFN2O6-. The number of carbonyl (C=O) groups excluding carboxylic acids is 1. The van der Waals surface area contributed by atoms with Gasteiger partial charge < -0.3 is 24.3 Å². The number of nitro benzene ring substituents is 1. The molecule has 0 aliphatic heterocycles. The van der Waals surface area contributed by atoms with E-state index in [1.54, 1.807) is 55.5 Å². The average Bonchev–Trinajstić information content (AvgIpc) is 2.91. The summed E-state index contributed by atoms with van der Waals surface area (Å²) in [6.07, 6.45) is 0. The standard InChI is InChI=1S/C29H24ClFN2O6/c1-19-26(7-4-8-27(19)33(36)37)32(17-21-5-2-3-6-25(21)31)16-20-9-11-22(12-10-20)39-23-13-14-24(30)28(15-23)38-18-29(34)35/h2-15H,16-18H2,1H3,(H,34,35)/p-1. The second-order valence-electron chi connectivity index (χ2n) is 8.62. The summed E-state index contributed by atoms with van der Waals surface area (Å²) in [7, 11) is 0. The van der Waals surface area contributed by atoms with Gasteiger partial charge in [0.2, 0.25) is 0 Å². The van der Waals surface area contributed by atoms with Crippen molar-refractivity contribution in [1.29, 1.82) is 0 Å². The van der Waals surface area contributed by atoms with E-state index in [1.165, 1.54) is 24.3 Å². The fourth-order valence-electron chi connectivity index (χ4n) is 4.02. The summed E-state index contributed by atoms with van der Waals surface area (Å²) in [5.41, 5.74) is 2.42. The first-order valence-electron chi connectivity index (χ1n) is 11.8. The second kappa shape index (κ2) is 12.3. The number of benzene rings is 4. The molecular weight excluding hydrogens is 527 g/mol. The van der Waals surface area contributed by atoms with E-state index in [0.717, 1.165) is 5.56 Å². The maximum Gasteiger partial charge on any atom is 0.274 e. The molecule has 0 unspecified atom stereocenters. The van der Waals surface area contributed by atoms with Crippen molar-refractivity contribution in [1.82, 2.24) is 0 Å². The topological polar surface area (TPSA) is 105 Å². The van der Waals surface area contributed by atoms with E-state index in [0.29, 0.717) is 34.9 Å². The van der Waals surface area contributed by atoms with Crippen molar-refractivity contribution in [2.75, 3.05) is 11.5 Å². The fraction of sp³-hybridized carbons (Fsp3) is 0.138. The predicted molar refractivity (Wildman–Crippen MR) is 143 cm³/mol. The molecule has 4 rings (SSSR count). The third-order valence-electron chi connectivity index (χ3n) is 5.91. The van der Waals surface area contributed by atoms with E-state index in [1.807, 2.05) is 17.0 Å². The van der Waals surface area contributed by atoms with Crippen molar-refractivity contribution in [2.45, 2.75) is 20.0 Å². The lowest BCUT2D eigenvalue weighted by Crippen LogP contribution is -2.28. The molecule has 200 valence electrons. The first-order valence-corrected chi connectivity index (χ1v) is 12.2. The minimum atomic E-state index is -1.38. The Kier molecular flexibility index (Phi) is 8.63. The summed E-state index contributed by atoms with van der Waals surface area (Å²) >= 11 is 6.05. The molecule has 0 fully saturated rings. The van der Waals surface area contributed by atoms with Gasteiger partial charge in [0, 0.05) is 36.5 Å². The quantitative estimate of drug-likeness (QED) is 0.171. The van der Waals surface area contributed by atoms with Crippen molar-refractivity contribution in [3.8, 4) is 17.2 Å². The highest BCUT2D eigenvalue weighted by Crippen LogP contribution is 2.33. The number of nitro groups is 1. The Bertz CT molecular complexity index is 1500. The third kappa shape index (κ3) is 7.03. The van der Waals surface area contributed by atoms with Gasteiger partial charge in [0.1, 0.15) is 29.7 Å². The van der Waals surface area contributed by atoms with Crippen LogP contribution in [0.25, 0.3) is 0 Å². The average molecular weight is 550 g/mol. The summed E-state index contributed by atoms with van der Waals surface area (Å²) in [4.78, 5) is 23.7. The SMILES string of the molecule is Cc1c(N(Cc2ccc(Oc3ccc(Cl)c(OCC(=O)[O-])c3)cc2)Cc2ccccc2F)cccc1[N+](=O)[O-]. The van der Waals surface area contributed by atoms with E-state index in [4.69, 9.17) is 21.1 Å². The lowest BCUT2D eigenvalue weighted by atomic mass is 10.1. The number of hydrogen-bond acceptors (Lipinski definition) is 7. The van der Waals surface area contributed by atoms with Crippen LogP contribution in [0.2, 0.25) is 5.02 Å². The van der Waals surface area contributed by atoms with Crippen LogP contribution in [0.5, 0.6) is 17.2 Å². The summed E-state index contributed by atoms with van der Waals surface area (Å²) in [6.45, 7) is 1.58. The molecule has 0 aromatic heterocycles. The summed E-state index contributed by atoms with van der Waals surface area (Å²) < 4.78 is 25.5. The minimum absolute atomic E-state index is 0.0132. The normalized spacial score (nSPS) is 10.6. The van der Waals surface area contributed by atoms with Gasteiger partial charge in [0.25, 0.3) is 5.69 Å². The second-order valence-corrected chi connectivity index (χ2v) is 9.03. The summed E-state index contributed by atoms with van der Waals surface area (Å²) in [5.74, 6) is -0.711. The maximum atomic E-state index is 14.5. The molecule has 0 radical (unpaired) electrons. The molecule has 4 aromatic rings. The van der Waals surface area contributed by atoms with Gasteiger partial charge in [-0.15, -0.1) is 0 Å². The number of ether oxygens (including phenoxy) is 2. The Morgan fingerprint density at radius 2 is 1.69 bits per heavy atom. The highest BCUT2D eigenvalue weighted by Gasteiger charge is 2.19. The van der Waals surface area contributed by atoms with Crippen LogP contribution in [0.1, 0.15) is 16.7 Å². The molecule has 0 aliphatic carbocycles. The molecule has 4 aromatic carbocycles. The van der Waals surface area contributed by atoms with E-state index in [2.05, 4.69) is 0 Å². The van der Waals surface area contributed by atoms with Crippen LogP contribution in [0.15, 0.2) is 84.9 Å². The molecule has 8 nitrogen and oxygen atoms in total. The number of anilines is 1. The molecule has 10 heteroatoms. The number of rotatable bonds is 11. The van der Waals surface area contributed by atoms with Crippen molar-refractivity contribution >= 4 is 28.9 Å². The number of aliphatic carboxylic acids is 1. The van der Waals surface area contributed by atoms with Gasteiger partial charge in [-0.25, -0.2) is 4.39 Å². The zero-order valence-electron chi connectivity index (χ0n) is 20.8. The molecule has 0 amide bonds. The Balaban J connectivity index is 1.56. The van der Waals surface area contributed by atoms with Gasteiger partial charge in [0.15, 0.2) is 0 Å². The first kappa shape index (κ1) is 27.4. The minimum Gasteiger partial charge on any atom is -0.546 e. The van der Waals surface area contributed by atoms with Crippen LogP contribution in [0, 0.1) is 22.9 Å². The third-order valence-corrected chi connectivity index (χ3v) is 6.23. The number of carboxylic acid groups (broad SMARTS) is 1. The summed E-state index contributed by atoms with van der Waals surface area (Å²) in [6, 6.07) is 23.0. The first-order chi connectivity index (χ1) is 18.7. The lowest BCUT2D eigenvalue weighted by Gasteiger charge is -2.27. The van der Waals surface area contributed by atoms with E-state index >= 15 is 0 Å². The van der Waals surface area contributed by atoms with Crippen LogP contribution in [0.3, 0.4) is 0 Å². The number of nitrogens with zero attached hydrogens (tertiary/aromatic N) is 2. The Hall–Kier alpha value is -4.63. The zero-order chi connectivity index (χ0) is 27.9. The largest absolute Gasteiger partial charge is 0.546 e. The van der Waals surface area contributed by atoms with E-state index < -0.39 is 17.5 Å². The van der Waals surface area contributed by atoms with E-state index in [9.17, 15) is 24.4 Å². The monoisotopic (exact) mass is 549 g/mol. The molecule has 0 saturated carbocycles. The molecule has 0 aliphatic rings. The summed E-state index contributed by atoms with van der Waals surface area (Å²) in [5, 5.41) is 22.4. The number of carbonyl (C=O) groups is 1. The number of hydrogen-bond donors (Lipinski definition) is 0. The van der Waals surface area contributed by atoms with Gasteiger partial charge >= 0.3 is 0 Å². The molecule has 0 atom stereocenters. The van der Waals surface area contributed by atoms with E-state index in [-0.39, 0.29) is 28.8 Å². The highest BCUT2D eigenvalue weighted by atomic mass is 35.5. The molecule has 0 saturated heterocycles. The van der Waals surface area contributed by atoms with Crippen molar-refractivity contribution in [2.24, 2.45) is 0 Å². The molecule has 0 spiro atoms. The number of carboxylic acids is 1. The van der Waals surface area contributed by atoms with Gasteiger partial charge in [-0.3, -0.25) is 10.1 Å². The lowest BCUT2D eigenvalue weighted by molar-refractivity contribution is -0.385. The Labute approximate surface area is 228 Å². The van der Waals surface area contributed by atoms with Crippen molar-refractivity contribution in [3.05, 3.63) is 123 Å². The zero-order valence-corrected chi connectivity index (χ0v) is 21.6. The smallest absolute Gasteiger partial charge is 0.274 e. The highest BCUT2D eigenvalue weighted by molar-refractivity contribution is 6.32. The fourth-order valence-corrected chi connectivity index (χ4v) is 4.20. The van der Waals surface area contributed by atoms with Crippen molar-refractivity contribution < 1.29 is 28.7 Å². The van der Waals surface area contributed by atoms with Crippen molar-refractivity contribution in [3.63, 3.8) is 0 Å². The van der Waals surface area contributed by atoms with Gasteiger partial charge in [-0.2, -0.15) is 0 Å². The van der Waals surface area contributed by atoms with Crippen LogP contribution in [0.4, 0.5) is 15.8 Å². The predicted octanol–water partition coefficient (Wildman–Crippen LogP) is 5.82. The van der Waals surface area contributed by atoms with Crippen LogP contribution in [-0.4, -0.2) is 17.5 Å². The van der Waals surface area contributed by atoms with Crippen LogP contribution < -0.4 is 19.5 Å². The Morgan fingerprint density at radius 1 is 0.974 bits per heavy atom. The molecule has 0 heterocycles.